The summed E-state index contributed by atoms with van der Waals surface area (Å²) in [6.07, 6.45) is 7.27. The Kier molecular flexibility index (Phi) is 10.5. The van der Waals surface area contributed by atoms with E-state index in [0.29, 0.717) is 25.0 Å². The van der Waals surface area contributed by atoms with E-state index in [9.17, 15) is 5.11 Å². The molecule has 0 atom stereocenters. The summed E-state index contributed by atoms with van der Waals surface area (Å²) in [6.45, 7) is 8.13. The van der Waals surface area contributed by atoms with Gasteiger partial charge in [0.25, 0.3) is 0 Å². The number of aromatic nitrogens is 1. The number of aliphatic hydroxyl groups is 1. The molecular weight excluding hydrogens is 443 g/mol. The highest BCUT2D eigenvalue weighted by Gasteiger charge is 2.29. The van der Waals surface area contributed by atoms with Crippen molar-refractivity contribution in [3.8, 4) is 0 Å². The van der Waals surface area contributed by atoms with Crippen molar-refractivity contribution in [2.75, 3.05) is 13.1 Å². The molecule has 7 heteroatoms. The molecule has 0 amide bonds. The van der Waals surface area contributed by atoms with E-state index in [-0.39, 0.29) is 24.0 Å². The Balaban J connectivity index is 0.00000338. The van der Waals surface area contributed by atoms with Gasteiger partial charge in [0.2, 0.25) is 0 Å². The van der Waals surface area contributed by atoms with Gasteiger partial charge in [0.15, 0.2) is 11.7 Å². The van der Waals surface area contributed by atoms with Gasteiger partial charge in [-0.25, -0.2) is 4.99 Å². The second-order valence-electron chi connectivity index (χ2n) is 7.07. The Morgan fingerprint density at radius 3 is 2.54 bits per heavy atom. The van der Waals surface area contributed by atoms with Crippen molar-refractivity contribution in [2.45, 2.75) is 83.8 Å². The van der Waals surface area contributed by atoms with Gasteiger partial charge in [-0.2, -0.15) is 0 Å². The molecule has 0 aliphatic heterocycles. The number of hydrogen-bond donors (Lipinski definition) is 3. The van der Waals surface area contributed by atoms with Crippen molar-refractivity contribution < 1.29 is 9.63 Å². The maximum Gasteiger partial charge on any atom is 0.191 e. The van der Waals surface area contributed by atoms with Crippen LogP contribution >= 0.6 is 24.0 Å². The number of nitrogens with zero attached hydrogens (tertiary/aromatic N) is 2. The molecule has 1 fully saturated rings. The van der Waals surface area contributed by atoms with Crippen LogP contribution in [-0.2, 0) is 6.54 Å². The lowest BCUT2D eigenvalue weighted by Gasteiger charge is -2.32. The van der Waals surface area contributed by atoms with Crippen LogP contribution in [0.15, 0.2) is 15.6 Å². The van der Waals surface area contributed by atoms with Gasteiger partial charge < -0.3 is 20.3 Å². The summed E-state index contributed by atoms with van der Waals surface area (Å²) in [5.74, 6) is 1.94. The Labute approximate surface area is 174 Å². The predicted octanol–water partition coefficient (Wildman–Crippen LogP) is 3.95. The third-order valence-corrected chi connectivity index (χ3v) is 5.09. The van der Waals surface area contributed by atoms with Gasteiger partial charge in [-0.05, 0) is 32.6 Å². The van der Waals surface area contributed by atoms with Crippen LogP contribution in [0.25, 0.3) is 0 Å². The molecule has 3 N–H and O–H groups in total. The van der Waals surface area contributed by atoms with Gasteiger partial charge in [0.1, 0.15) is 6.54 Å². The summed E-state index contributed by atoms with van der Waals surface area (Å²) in [4.78, 5) is 4.57. The Bertz CT molecular complexity index is 537. The van der Waals surface area contributed by atoms with Crippen LogP contribution in [0, 0.1) is 0 Å². The Hall–Kier alpha value is -0.830. The lowest BCUT2D eigenvalue weighted by molar-refractivity contribution is 0.00859. The van der Waals surface area contributed by atoms with E-state index in [2.05, 4.69) is 34.6 Å². The minimum absolute atomic E-state index is 0. The van der Waals surface area contributed by atoms with Crippen LogP contribution < -0.4 is 10.6 Å². The molecule has 0 bridgehead atoms. The molecule has 1 aliphatic rings. The fourth-order valence-electron chi connectivity index (χ4n) is 3.44. The van der Waals surface area contributed by atoms with Crippen LogP contribution in [0.4, 0.5) is 0 Å². The summed E-state index contributed by atoms with van der Waals surface area (Å²) in [6, 6.07) is 2.01. The predicted molar refractivity (Wildman–Crippen MR) is 116 cm³/mol. The first-order chi connectivity index (χ1) is 12.1. The third-order valence-electron chi connectivity index (χ3n) is 5.09. The summed E-state index contributed by atoms with van der Waals surface area (Å²) in [5.41, 5.74) is 0.410. The molecule has 2 rings (SSSR count). The number of rotatable bonds is 8. The highest BCUT2D eigenvalue weighted by molar-refractivity contribution is 14.0. The SMILES string of the molecule is CCNC(=NCc1cc(C(CC)CC)no1)NCC1(O)CCCCC1.I. The Morgan fingerprint density at radius 1 is 1.23 bits per heavy atom. The molecule has 1 aromatic rings. The van der Waals surface area contributed by atoms with Crippen molar-refractivity contribution in [3.63, 3.8) is 0 Å². The largest absolute Gasteiger partial charge is 0.388 e. The summed E-state index contributed by atoms with van der Waals surface area (Å²) in [5, 5.41) is 21.3. The zero-order valence-corrected chi connectivity index (χ0v) is 18.7. The Morgan fingerprint density at radius 2 is 1.92 bits per heavy atom. The number of guanidine groups is 1. The van der Waals surface area contributed by atoms with E-state index in [1.807, 2.05) is 13.0 Å². The number of nitrogens with one attached hydrogen (secondary N) is 2. The van der Waals surface area contributed by atoms with Crippen molar-refractivity contribution in [2.24, 2.45) is 4.99 Å². The van der Waals surface area contributed by atoms with Crippen LogP contribution in [0.2, 0.25) is 0 Å². The van der Waals surface area contributed by atoms with Gasteiger partial charge in [-0.3, -0.25) is 0 Å². The van der Waals surface area contributed by atoms with Crippen molar-refractivity contribution >= 4 is 29.9 Å². The van der Waals surface area contributed by atoms with Gasteiger partial charge >= 0.3 is 0 Å². The maximum atomic E-state index is 10.6. The van der Waals surface area contributed by atoms with Gasteiger partial charge in [-0.1, -0.05) is 38.3 Å². The van der Waals surface area contributed by atoms with Crippen molar-refractivity contribution in [1.82, 2.24) is 15.8 Å². The first kappa shape index (κ1) is 23.2. The molecule has 1 aliphatic carbocycles. The van der Waals surface area contributed by atoms with Crippen LogP contribution in [0.5, 0.6) is 0 Å². The maximum absolute atomic E-state index is 10.6. The molecule has 1 saturated carbocycles. The first-order valence-electron chi connectivity index (χ1n) is 9.80. The second-order valence-corrected chi connectivity index (χ2v) is 7.07. The number of hydrogen-bond acceptors (Lipinski definition) is 4. The van der Waals surface area contributed by atoms with Crippen LogP contribution in [0.1, 0.15) is 83.1 Å². The van der Waals surface area contributed by atoms with E-state index in [4.69, 9.17) is 4.52 Å². The molecule has 150 valence electrons. The highest BCUT2D eigenvalue weighted by atomic mass is 127. The third kappa shape index (κ3) is 7.06. The molecule has 0 aromatic carbocycles. The van der Waals surface area contributed by atoms with E-state index >= 15 is 0 Å². The molecule has 1 aromatic heterocycles. The molecule has 1 heterocycles. The lowest BCUT2D eigenvalue weighted by Crippen LogP contribution is -2.48. The average Bonchev–Trinajstić information content (AvgIpc) is 3.08. The van der Waals surface area contributed by atoms with E-state index < -0.39 is 5.60 Å². The minimum Gasteiger partial charge on any atom is -0.388 e. The highest BCUT2D eigenvalue weighted by Crippen LogP contribution is 2.27. The zero-order chi connectivity index (χ0) is 18.1. The summed E-state index contributed by atoms with van der Waals surface area (Å²) < 4.78 is 5.43. The average molecular weight is 478 g/mol. The first-order valence-corrected chi connectivity index (χ1v) is 9.80. The standard InChI is InChI=1S/C19H34N4O2.HI/c1-4-15(5-2)17-12-16(25-23-17)13-21-18(20-6-3)22-14-19(24)10-8-7-9-11-19;/h12,15,24H,4-11,13-14H2,1-3H3,(H2,20,21,22);1H. The quantitative estimate of drug-likeness (QED) is 0.300. The number of halogens is 1. The normalized spacial score (nSPS) is 17.0. The van der Waals surface area contributed by atoms with Crippen LogP contribution in [-0.4, -0.2) is 34.9 Å². The fraction of sp³-hybridized carbons (Fsp3) is 0.789. The zero-order valence-electron chi connectivity index (χ0n) is 16.4. The van der Waals surface area contributed by atoms with Crippen molar-refractivity contribution in [3.05, 3.63) is 17.5 Å². The smallest absolute Gasteiger partial charge is 0.191 e. The van der Waals surface area contributed by atoms with E-state index in [1.54, 1.807) is 0 Å². The second kappa shape index (κ2) is 11.8. The number of aliphatic imine (C=N–C) groups is 1. The summed E-state index contributed by atoms with van der Waals surface area (Å²) in [7, 11) is 0. The molecular formula is C19H35IN4O2. The van der Waals surface area contributed by atoms with Gasteiger partial charge in [0.05, 0.1) is 11.3 Å². The molecule has 26 heavy (non-hydrogen) atoms. The van der Waals surface area contributed by atoms with Crippen LogP contribution in [0.3, 0.4) is 0 Å². The molecule has 0 unspecified atom stereocenters. The van der Waals surface area contributed by atoms with Crippen molar-refractivity contribution in [1.29, 1.82) is 0 Å². The molecule has 6 nitrogen and oxygen atoms in total. The molecule has 0 radical (unpaired) electrons. The fourth-order valence-corrected chi connectivity index (χ4v) is 3.44. The topological polar surface area (TPSA) is 82.7 Å². The van der Waals surface area contributed by atoms with E-state index in [1.165, 1.54) is 6.42 Å². The molecule has 0 spiro atoms. The van der Waals surface area contributed by atoms with E-state index in [0.717, 1.165) is 56.5 Å². The monoisotopic (exact) mass is 478 g/mol. The van der Waals surface area contributed by atoms with Gasteiger partial charge in [-0.15, -0.1) is 24.0 Å². The van der Waals surface area contributed by atoms with Gasteiger partial charge in [0, 0.05) is 25.1 Å². The molecule has 0 saturated heterocycles. The summed E-state index contributed by atoms with van der Waals surface area (Å²) >= 11 is 0. The lowest BCUT2D eigenvalue weighted by atomic mass is 9.85. The minimum atomic E-state index is -0.608.